The highest BCUT2D eigenvalue weighted by Crippen LogP contribution is 2.16. The molecule has 6 N–H and O–H groups in total. The van der Waals surface area contributed by atoms with Gasteiger partial charge in [-0.05, 0) is 45.7 Å². The summed E-state index contributed by atoms with van der Waals surface area (Å²) in [5.41, 5.74) is 4.74. The summed E-state index contributed by atoms with van der Waals surface area (Å²) in [7, 11) is 0. The van der Waals surface area contributed by atoms with Crippen molar-refractivity contribution in [2.45, 2.75) is 45.3 Å². The number of halogens is 1. The maximum atomic E-state index is 12.6. The first kappa shape index (κ1) is 25.9. The molecule has 0 heterocycles. The van der Waals surface area contributed by atoms with Crippen LogP contribution in [0.15, 0.2) is 24.3 Å². The molecule has 29 heavy (non-hydrogen) atoms. The Labute approximate surface area is 174 Å². The average Bonchev–Trinajstić information content (AvgIpc) is 2.56. The molecule has 0 saturated heterocycles. The van der Waals surface area contributed by atoms with Crippen molar-refractivity contribution in [1.29, 1.82) is 5.41 Å². The molecule has 0 aliphatic heterocycles. The highest BCUT2D eigenvalue weighted by molar-refractivity contribution is 5.96. The number of amides is 2. The Morgan fingerprint density at radius 3 is 2.34 bits per heavy atom. The number of benzene rings is 1. The topological polar surface area (TPSA) is 172 Å². The molecule has 162 valence electrons. The number of ether oxygens (including phenoxy) is 1. The minimum atomic E-state index is -0.904. The van der Waals surface area contributed by atoms with Crippen molar-refractivity contribution in [3.05, 3.63) is 34.4 Å². The standard InChI is InChI=1S/C17H26N6O5.ClH/c1-17(2,3)28-16(25)22-13(5-4-10-20-15(18)19)14(24)21-11-6-8-12(9-7-11)23(26)27;/h6-9,13H,4-5,10H2,1-3H3,(H,21,24)(H,22,25)(H4,18,19,20);1H/t13-;/m0./s1. The Kier molecular flexibility index (Phi) is 10.5. The lowest BCUT2D eigenvalue weighted by Crippen LogP contribution is -2.46. The van der Waals surface area contributed by atoms with Gasteiger partial charge in [-0.3, -0.25) is 20.3 Å². The summed E-state index contributed by atoms with van der Waals surface area (Å²) in [4.78, 5) is 34.7. The molecule has 0 unspecified atom stereocenters. The monoisotopic (exact) mass is 430 g/mol. The van der Waals surface area contributed by atoms with Crippen LogP contribution in [0.1, 0.15) is 33.6 Å². The molecule has 0 spiro atoms. The Balaban J connectivity index is 0.00000784. The average molecular weight is 431 g/mol. The highest BCUT2D eigenvalue weighted by Gasteiger charge is 2.24. The SMILES string of the molecule is CC(C)(C)OC(=O)N[C@@H](CCCNC(=N)N)C(=O)Nc1ccc([N+](=O)[O-])cc1.Cl. The molecule has 0 aliphatic carbocycles. The number of alkyl carbamates (subject to hydrolysis) is 1. The second-order valence-corrected chi connectivity index (χ2v) is 6.97. The fourth-order valence-electron chi connectivity index (χ4n) is 2.14. The number of nitrogens with two attached hydrogens (primary N) is 1. The van der Waals surface area contributed by atoms with Crippen LogP contribution in [0.4, 0.5) is 16.2 Å². The maximum absolute atomic E-state index is 12.6. The summed E-state index contributed by atoms with van der Waals surface area (Å²) in [5.74, 6) is -0.686. The normalized spacial score (nSPS) is 11.4. The number of hydrogen-bond acceptors (Lipinski definition) is 6. The van der Waals surface area contributed by atoms with Crippen molar-refractivity contribution in [1.82, 2.24) is 10.6 Å². The minimum Gasteiger partial charge on any atom is -0.444 e. The Morgan fingerprint density at radius 1 is 1.28 bits per heavy atom. The van der Waals surface area contributed by atoms with E-state index in [1.807, 2.05) is 0 Å². The molecule has 1 aromatic rings. The van der Waals surface area contributed by atoms with Gasteiger partial charge in [-0.15, -0.1) is 12.4 Å². The maximum Gasteiger partial charge on any atom is 0.408 e. The largest absolute Gasteiger partial charge is 0.444 e. The third-order valence-electron chi connectivity index (χ3n) is 3.34. The first-order valence-corrected chi connectivity index (χ1v) is 8.60. The van der Waals surface area contributed by atoms with Crippen molar-refractivity contribution in [2.75, 3.05) is 11.9 Å². The van der Waals surface area contributed by atoms with Gasteiger partial charge in [0, 0.05) is 24.4 Å². The molecule has 0 aromatic heterocycles. The zero-order valence-electron chi connectivity index (χ0n) is 16.5. The summed E-state index contributed by atoms with van der Waals surface area (Å²) in [6.07, 6.45) is -0.0256. The van der Waals surface area contributed by atoms with Crippen LogP contribution in [-0.2, 0) is 9.53 Å². The van der Waals surface area contributed by atoms with Crippen molar-refractivity contribution in [3.8, 4) is 0 Å². The number of carbonyl (C=O) groups is 2. The predicted octanol–water partition coefficient (Wildman–Crippen LogP) is 2.11. The van der Waals surface area contributed by atoms with Crippen molar-refractivity contribution >= 4 is 41.7 Å². The molecule has 12 heteroatoms. The summed E-state index contributed by atoms with van der Waals surface area (Å²) in [5, 5.41) is 25.6. The molecule has 1 aromatic carbocycles. The van der Waals surface area contributed by atoms with Gasteiger partial charge in [0.25, 0.3) is 5.69 Å². The Morgan fingerprint density at radius 2 is 1.86 bits per heavy atom. The van der Waals surface area contributed by atoms with Gasteiger partial charge >= 0.3 is 6.09 Å². The van der Waals surface area contributed by atoms with Gasteiger partial charge in [0.05, 0.1) is 4.92 Å². The van der Waals surface area contributed by atoms with E-state index >= 15 is 0 Å². The first-order valence-electron chi connectivity index (χ1n) is 8.60. The lowest BCUT2D eigenvalue weighted by molar-refractivity contribution is -0.384. The van der Waals surface area contributed by atoms with Gasteiger partial charge in [0.2, 0.25) is 5.91 Å². The van der Waals surface area contributed by atoms with Gasteiger partial charge in [-0.2, -0.15) is 0 Å². The lowest BCUT2D eigenvalue weighted by Gasteiger charge is -2.23. The zero-order valence-corrected chi connectivity index (χ0v) is 17.3. The molecular weight excluding hydrogens is 404 g/mol. The molecule has 0 bridgehead atoms. The summed E-state index contributed by atoms with van der Waals surface area (Å²) in [6.45, 7) is 5.46. The molecule has 1 rings (SSSR count). The van der Waals surface area contributed by atoms with Crippen LogP contribution in [0.5, 0.6) is 0 Å². The number of anilines is 1. The summed E-state index contributed by atoms with van der Waals surface area (Å²) in [6, 6.07) is 4.43. The zero-order chi connectivity index (χ0) is 21.3. The number of non-ortho nitro benzene ring substituents is 1. The molecule has 1 atom stereocenters. The van der Waals surface area contributed by atoms with Gasteiger partial charge in [-0.25, -0.2) is 4.79 Å². The number of hydrogen-bond donors (Lipinski definition) is 5. The van der Waals surface area contributed by atoms with Crippen LogP contribution in [0.25, 0.3) is 0 Å². The van der Waals surface area contributed by atoms with Gasteiger partial charge in [0.1, 0.15) is 11.6 Å². The van der Waals surface area contributed by atoms with Crippen LogP contribution >= 0.6 is 12.4 Å². The third kappa shape index (κ3) is 10.7. The fraction of sp³-hybridized carbons (Fsp3) is 0.471. The third-order valence-corrected chi connectivity index (χ3v) is 3.34. The van der Waals surface area contributed by atoms with Crippen molar-refractivity contribution in [2.24, 2.45) is 5.73 Å². The van der Waals surface area contributed by atoms with E-state index < -0.39 is 28.6 Å². The summed E-state index contributed by atoms with van der Waals surface area (Å²) >= 11 is 0. The Bertz CT molecular complexity index is 720. The van der Waals surface area contributed by atoms with E-state index in [-0.39, 0.29) is 30.5 Å². The van der Waals surface area contributed by atoms with E-state index in [4.69, 9.17) is 15.9 Å². The number of guanidine groups is 1. The van der Waals surface area contributed by atoms with Gasteiger partial charge < -0.3 is 26.4 Å². The van der Waals surface area contributed by atoms with Gasteiger partial charge in [-0.1, -0.05) is 0 Å². The molecule has 0 radical (unpaired) electrons. The summed E-state index contributed by atoms with van der Waals surface area (Å²) < 4.78 is 5.18. The molecule has 11 nitrogen and oxygen atoms in total. The van der Waals surface area contributed by atoms with E-state index in [1.54, 1.807) is 20.8 Å². The second kappa shape index (κ2) is 11.7. The smallest absolute Gasteiger partial charge is 0.408 e. The molecule has 0 aliphatic rings. The number of rotatable bonds is 8. The van der Waals surface area contributed by atoms with Crippen molar-refractivity contribution in [3.63, 3.8) is 0 Å². The molecular formula is C17H27ClN6O5. The molecule has 2 amide bonds. The number of nitro benzene ring substituents is 1. The molecule has 0 fully saturated rings. The first-order chi connectivity index (χ1) is 13.0. The van der Waals surface area contributed by atoms with Crippen LogP contribution in [-0.4, -0.2) is 41.1 Å². The van der Waals surface area contributed by atoms with Crippen LogP contribution in [0, 0.1) is 15.5 Å². The van der Waals surface area contributed by atoms with Crippen LogP contribution in [0.3, 0.4) is 0 Å². The van der Waals surface area contributed by atoms with Crippen molar-refractivity contribution < 1.29 is 19.2 Å². The highest BCUT2D eigenvalue weighted by atomic mass is 35.5. The minimum absolute atomic E-state index is 0. The van der Waals surface area contributed by atoms with E-state index in [1.165, 1.54) is 24.3 Å². The molecule has 0 saturated carbocycles. The number of nitrogens with one attached hydrogen (secondary N) is 4. The van der Waals surface area contributed by atoms with E-state index in [9.17, 15) is 19.7 Å². The van der Waals surface area contributed by atoms with Crippen LogP contribution < -0.4 is 21.7 Å². The fourth-order valence-corrected chi connectivity index (χ4v) is 2.14. The lowest BCUT2D eigenvalue weighted by atomic mass is 10.1. The predicted molar refractivity (Wildman–Crippen MR) is 111 cm³/mol. The van der Waals surface area contributed by atoms with E-state index in [2.05, 4.69) is 16.0 Å². The number of nitrogens with zero attached hydrogens (tertiary/aromatic N) is 1. The number of carbonyl (C=O) groups excluding carboxylic acids is 2. The number of nitro groups is 1. The van der Waals surface area contributed by atoms with Gasteiger partial charge in [0.15, 0.2) is 5.96 Å². The van der Waals surface area contributed by atoms with E-state index in [0.717, 1.165) is 0 Å². The second-order valence-electron chi connectivity index (χ2n) is 6.97. The van der Waals surface area contributed by atoms with E-state index in [0.29, 0.717) is 18.7 Å². The van der Waals surface area contributed by atoms with Crippen LogP contribution in [0.2, 0.25) is 0 Å². The quantitative estimate of drug-likeness (QED) is 0.138. The Hall–Kier alpha value is -3.08.